The molecule has 168 valence electrons. The number of carbonyl (C=O) groups is 3. The van der Waals surface area contributed by atoms with Crippen LogP contribution in [-0.4, -0.2) is 41.3 Å². The number of aryl methyl sites for hydroxylation is 1. The van der Waals surface area contributed by atoms with Crippen molar-refractivity contribution < 1.29 is 18.8 Å². The maximum atomic E-state index is 13.1. The summed E-state index contributed by atoms with van der Waals surface area (Å²) in [5.74, 6) is -1.51. The number of benzene rings is 2. The first-order valence-electron chi connectivity index (χ1n) is 10.6. The summed E-state index contributed by atoms with van der Waals surface area (Å²) in [5.41, 5.74) is 1.95. The molecule has 2 N–H and O–H groups in total. The van der Waals surface area contributed by atoms with Crippen molar-refractivity contribution in [3.63, 3.8) is 0 Å². The molecule has 2 aromatic carbocycles. The molecule has 4 rings (SSSR count). The molecule has 8 heteroatoms. The first kappa shape index (κ1) is 22.1. The Kier molecular flexibility index (Phi) is 6.73. The third-order valence-corrected chi connectivity index (χ3v) is 5.49. The maximum Gasteiger partial charge on any atom is 0.253 e. The van der Waals surface area contributed by atoms with Crippen molar-refractivity contribution in [3.8, 4) is 0 Å². The molecule has 3 aromatic rings. The number of rotatable bonds is 8. The summed E-state index contributed by atoms with van der Waals surface area (Å²) in [4.78, 5) is 43.6. The predicted molar refractivity (Wildman–Crippen MR) is 121 cm³/mol. The van der Waals surface area contributed by atoms with Crippen LogP contribution >= 0.6 is 0 Å². The lowest BCUT2D eigenvalue weighted by atomic mass is 10.0. The average Bonchev–Trinajstić information content (AvgIpc) is 2.85. The number of halogens is 1. The van der Waals surface area contributed by atoms with E-state index < -0.39 is 23.9 Å². The third-order valence-electron chi connectivity index (χ3n) is 5.49. The Morgan fingerprint density at radius 1 is 1.06 bits per heavy atom. The molecule has 0 bridgehead atoms. The topological polar surface area (TPSA) is 91.4 Å². The lowest BCUT2D eigenvalue weighted by Gasteiger charge is -2.39. The van der Waals surface area contributed by atoms with Crippen molar-refractivity contribution in [3.05, 3.63) is 96.1 Å². The van der Waals surface area contributed by atoms with Crippen LogP contribution in [0, 0.1) is 5.82 Å². The number of pyridine rings is 1. The van der Waals surface area contributed by atoms with Crippen LogP contribution in [-0.2, 0) is 16.0 Å². The van der Waals surface area contributed by atoms with E-state index in [1.54, 1.807) is 18.3 Å². The first-order chi connectivity index (χ1) is 16.0. The highest BCUT2D eigenvalue weighted by atomic mass is 19.1. The molecular weight excluding hydrogens is 423 g/mol. The fraction of sp³-hybridized carbons (Fsp3) is 0.200. The summed E-state index contributed by atoms with van der Waals surface area (Å²) in [6.45, 7) is 0.276. The van der Waals surface area contributed by atoms with Crippen molar-refractivity contribution in [1.29, 1.82) is 0 Å². The van der Waals surface area contributed by atoms with E-state index in [9.17, 15) is 18.8 Å². The van der Waals surface area contributed by atoms with Crippen LogP contribution in [0.1, 0.15) is 22.3 Å². The smallest absolute Gasteiger partial charge is 0.253 e. The second kappa shape index (κ2) is 10.0. The predicted octanol–water partition coefficient (Wildman–Crippen LogP) is 2.48. The molecule has 33 heavy (non-hydrogen) atoms. The average molecular weight is 446 g/mol. The van der Waals surface area contributed by atoms with Gasteiger partial charge < -0.3 is 15.5 Å². The molecule has 0 aliphatic carbocycles. The van der Waals surface area contributed by atoms with Gasteiger partial charge in [0.05, 0.1) is 12.1 Å². The molecule has 2 atom stereocenters. The highest BCUT2D eigenvalue weighted by molar-refractivity contribution is 6.06. The number of hydrogen-bond donors (Lipinski definition) is 2. The van der Waals surface area contributed by atoms with Gasteiger partial charge in [0.25, 0.3) is 11.8 Å². The minimum absolute atomic E-state index is 0.276. The molecule has 0 radical (unpaired) electrons. The minimum atomic E-state index is -0.828. The zero-order valence-corrected chi connectivity index (χ0v) is 17.8. The van der Waals surface area contributed by atoms with Crippen LogP contribution < -0.4 is 15.5 Å². The van der Waals surface area contributed by atoms with Gasteiger partial charge in [0.15, 0.2) is 0 Å². The van der Waals surface area contributed by atoms with Gasteiger partial charge in [-0.3, -0.25) is 19.4 Å². The van der Waals surface area contributed by atoms with E-state index in [1.165, 1.54) is 35.4 Å². The van der Waals surface area contributed by atoms with Gasteiger partial charge in [-0.1, -0.05) is 30.3 Å². The van der Waals surface area contributed by atoms with Crippen LogP contribution in [0.15, 0.2) is 79.1 Å². The molecule has 3 amide bonds. The number of amides is 3. The van der Waals surface area contributed by atoms with Crippen molar-refractivity contribution in [2.24, 2.45) is 0 Å². The minimum Gasteiger partial charge on any atom is -0.341 e. The molecule has 1 aliphatic heterocycles. The largest absolute Gasteiger partial charge is 0.341 e. The second-order valence-electron chi connectivity index (χ2n) is 7.78. The van der Waals surface area contributed by atoms with E-state index in [-0.39, 0.29) is 18.3 Å². The van der Waals surface area contributed by atoms with Gasteiger partial charge in [-0.15, -0.1) is 0 Å². The van der Waals surface area contributed by atoms with Crippen LogP contribution in [0.4, 0.5) is 10.1 Å². The highest BCUT2D eigenvalue weighted by Gasteiger charge is 2.39. The van der Waals surface area contributed by atoms with Crippen molar-refractivity contribution in [2.45, 2.75) is 24.9 Å². The van der Waals surface area contributed by atoms with Gasteiger partial charge in [-0.2, -0.15) is 0 Å². The Balaban J connectivity index is 1.40. The van der Waals surface area contributed by atoms with Crippen molar-refractivity contribution in [1.82, 2.24) is 15.6 Å². The lowest BCUT2D eigenvalue weighted by Crippen LogP contribution is -2.66. The Hall–Kier alpha value is -4.07. The Bertz CT molecular complexity index is 1120. The summed E-state index contributed by atoms with van der Waals surface area (Å²) >= 11 is 0. The van der Waals surface area contributed by atoms with E-state index in [1.807, 2.05) is 30.3 Å². The summed E-state index contributed by atoms with van der Waals surface area (Å²) < 4.78 is 13.1. The molecule has 1 saturated heterocycles. The molecule has 7 nitrogen and oxygen atoms in total. The second-order valence-corrected chi connectivity index (χ2v) is 7.78. The number of β-lactam (4-membered cyclic amide) rings is 1. The third kappa shape index (κ3) is 5.41. The first-order valence-corrected chi connectivity index (χ1v) is 10.6. The fourth-order valence-electron chi connectivity index (χ4n) is 3.62. The molecule has 0 spiro atoms. The van der Waals surface area contributed by atoms with Crippen LogP contribution in [0.2, 0.25) is 0 Å². The number of carbonyl (C=O) groups excluding carboxylic acids is 3. The monoisotopic (exact) mass is 446 g/mol. The van der Waals surface area contributed by atoms with Crippen molar-refractivity contribution in [2.75, 3.05) is 11.4 Å². The maximum absolute atomic E-state index is 13.1. The molecule has 0 saturated carbocycles. The molecule has 1 fully saturated rings. The fourth-order valence-corrected chi connectivity index (χ4v) is 3.62. The highest BCUT2D eigenvalue weighted by Crippen LogP contribution is 2.22. The zero-order chi connectivity index (χ0) is 23.2. The van der Waals surface area contributed by atoms with E-state index in [4.69, 9.17) is 0 Å². The number of nitrogens with one attached hydrogen (secondary N) is 2. The number of nitrogens with zero attached hydrogens (tertiary/aromatic N) is 2. The standard InChI is InChI=1S/C25H23FN4O3/c26-19-9-11-20(12-10-19)30-16-22(25(30)33)29-24(32)21(13-8-17-5-2-1-3-6-17)28-23(31)18-7-4-14-27-15-18/h1-7,9-12,14-15,21-22H,8,13,16H2,(H,28,31)(H,29,32). The zero-order valence-electron chi connectivity index (χ0n) is 17.8. The van der Waals surface area contributed by atoms with E-state index >= 15 is 0 Å². The Morgan fingerprint density at radius 2 is 1.82 bits per heavy atom. The Morgan fingerprint density at radius 3 is 2.48 bits per heavy atom. The van der Waals surface area contributed by atoms with Gasteiger partial charge in [0.2, 0.25) is 5.91 Å². The van der Waals surface area contributed by atoms with Crippen LogP contribution in [0.3, 0.4) is 0 Å². The van der Waals surface area contributed by atoms with Crippen LogP contribution in [0.25, 0.3) is 0 Å². The summed E-state index contributed by atoms with van der Waals surface area (Å²) in [6, 6.07) is 17.0. The molecule has 2 unspecified atom stereocenters. The number of hydrogen-bond acceptors (Lipinski definition) is 4. The lowest BCUT2D eigenvalue weighted by molar-refractivity contribution is -0.131. The quantitative estimate of drug-likeness (QED) is 0.520. The molecule has 2 heterocycles. The van der Waals surface area contributed by atoms with Gasteiger partial charge in [0.1, 0.15) is 17.9 Å². The van der Waals surface area contributed by atoms with Gasteiger partial charge in [-0.25, -0.2) is 4.39 Å². The van der Waals surface area contributed by atoms with Crippen LogP contribution in [0.5, 0.6) is 0 Å². The van der Waals surface area contributed by atoms with E-state index in [0.29, 0.717) is 24.1 Å². The van der Waals surface area contributed by atoms with E-state index in [0.717, 1.165) is 5.56 Å². The van der Waals surface area contributed by atoms with Crippen molar-refractivity contribution >= 4 is 23.4 Å². The SMILES string of the molecule is O=C(NC(CCc1ccccc1)C(=O)NC1CN(c2ccc(F)cc2)C1=O)c1cccnc1. The van der Waals surface area contributed by atoms with Gasteiger partial charge in [0, 0.05) is 18.1 Å². The molecule has 1 aliphatic rings. The normalized spacial score (nSPS) is 16.0. The molecule has 1 aromatic heterocycles. The Labute approximate surface area is 190 Å². The van der Waals surface area contributed by atoms with E-state index in [2.05, 4.69) is 15.6 Å². The van der Waals surface area contributed by atoms with Gasteiger partial charge >= 0.3 is 0 Å². The summed E-state index contributed by atoms with van der Waals surface area (Å²) in [5, 5.41) is 5.50. The molecular formula is C25H23FN4O3. The van der Waals surface area contributed by atoms with Gasteiger partial charge in [-0.05, 0) is 54.8 Å². The summed E-state index contributed by atoms with van der Waals surface area (Å²) in [6.07, 6.45) is 3.93. The number of anilines is 1. The summed E-state index contributed by atoms with van der Waals surface area (Å²) in [7, 11) is 0. The number of aromatic nitrogens is 1.